The Labute approximate surface area is 81.9 Å². The lowest BCUT2D eigenvalue weighted by molar-refractivity contribution is -0.00254. The highest BCUT2D eigenvalue weighted by Gasteiger charge is 2.42. The van der Waals surface area contributed by atoms with E-state index in [0.29, 0.717) is 4.47 Å². The number of hydrogen-bond acceptors (Lipinski definition) is 0. The first-order valence-electron chi connectivity index (χ1n) is 3.87. The molecule has 0 bridgehead atoms. The number of fused-ring (bicyclic) bond motifs is 1. The third kappa shape index (κ3) is 1.27. The van der Waals surface area contributed by atoms with E-state index in [2.05, 4.69) is 15.9 Å². The van der Waals surface area contributed by atoms with E-state index >= 15 is 0 Å². The van der Waals surface area contributed by atoms with Crippen LogP contribution in [-0.4, -0.2) is 0 Å². The molecule has 70 valence electrons. The number of alkyl halides is 2. The van der Waals surface area contributed by atoms with E-state index in [4.69, 9.17) is 0 Å². The zero-order valence-electron chi connectivity index (χ0n) is 6.58. The SMILES string of the molecule is Fc1ccc(Br)c2c1CCC2(F)F. The summed E-state index contributed by atoms with van der Waals surface area (Å²) in [6.45, 7) is 0. The quantitative estimate of drug-likeness (QED) is 0.660. The van der Waals surface area contributed by atoms with Crippen molar-refractivity contribution in [3.05, 3.63) is 33.5 Å². The lowest BCUT2D eigenvalue weighted by atomic mass is 10.1. The van der Waals surface area contributed by atoms with Crippen LogP contribution in [0.1, 0.15) is 17.5 Å². The molecular formula is C9H6BrF3. The van der Waals surface area contributed by atoms with Gasteiger partial charge in [-0.1, -0.05) is 15.9 Å². The van der Waals surface area contributed by atoms with E-state index < -0.39 is 11.7 Å². The van der Waals surface area contributed by atoms with Gasteiger partial charge in [-0.3, -0.25) is 0 Å². The van der Waals surface area contributed by atoms with Crippen LogP contribution < -0.4 is 0 Å². The first-order chi connectivity index (χ1) is 6.02. The molecule has 0 unspecified atom stereocenters. The van der Waals surface area contributed by atoms with E-state index in [9.17, 15) is 13.2 Å². The molecule has 13 heavy (non-hydrogen) atoms. The summed E-state index contributed by atoms with van der Waals surface area (Å²) in [4.78, 5) is 0. The van der Waals surface area contributed by atoms with E-state index in [-0.39, 0.29) is 24.0 Å². The second kappa shape index (κ2) is 2.74. The summed E-state index contributed by atoms with van der Waals surface area (Å²) in [5.41, 5.74) is -0.0214. The molecule has 0 heterocycles. The van der Waals surface area contributed by atoms with Crippen molar-refractivity contribution < 1.29 is 13.2 Å². The molecular weight excluding hydrogens is 245 g/mol. The maximum absolute atomic E-state index is 13.2. The molecule has 1 aromatic carbocycles. The minimum atomic E-state index is -2.88. The lowest BCUT2D eigenvalue weighted by Gasteiger charge is -2.11. The number of hydrogen-bond donors (Lipinski definition) is 0. The fourth-order valence-electron chi connectivity index (χ4n) is 1.64. The Balaban J connectivity index is 2.70. The fraction of sp³-hybridized carbons (Fsp3) is 0.333. The molecule has 0 aliphatic heterocycles. The molecule has 0 amide bonds. The minimum Gasteiger partial charge on any atom is -0.207 e. The average Bonchev–Trinajstić information content (AvgIpc) is 2.36. The summed E-state index contributed by atoms with van der Waals surface area (Å²) in [6, 6.07) is 2.54. The van der Waals surface area contributed by atoms with Crippen LogP contribution >= 0.6 is 15.9 Å². The molecule has 2 rings (SSSR count). The third-order valence-corrected chi connectivity index (χ3v) is 2.92. The van der Waals surface area contributed by atoms with Gasteiger partial charge in [0.25, 0.3) is 5.92 Å². The number of halogens is 4. The summed E-state index contributed by atoms with van der Waals surface area (Å²) < 4.78 is 39.7. The summed E-state index contributed by atoms with van der Waals surface area (Å²) in [6.07, 6.45) is -0.171. The van der Waals surface area contributed by atoms with Crippen LogP contribution in [0.4, 0.5) is 13.2 Å². The molecule has 0 N–H and O–H groups in total. The van der Waals surface area contributed by atoms with Crippen molar-refractivity contribution in [3.8, 4) is 0 Å². The van der Waals surface area contributed by atoms with Crippen LogP contribution in [0.3, 0.4) is 0 Å². The zero-order chi connectivity index (χ0) is 9.64. The maximum Gasteiger partial charge on any atom is 0.275 e. The van der Waals surface area contributed by atoms with Gasteiger partial charge >= 0.3 is 0 Å². The van der Waals surface area contributed by atoms with E-state index in [1.54, 1.807) is 0 Å². The minimum absolute atomic E-state index is 0.119. The molecule has 1 aliphatic rings. The van der Waals surface area contributed by atoms with Gasteiger partial charge in [-0.05, 0) is 24.1 Å². The highest BCUT2D eigenvalue weighted by Crippen LogP contribution is 2.45. The Morgan fingerprint density at radius 1 is 1.31 bits per heavy atom. The van der Waals surface area contributed by atoms with Gasteiger partial charge in [0.05, 0.1) is 0 Å². The number of rotatable bonds is 0. The Kier molecular flexibility index (Phi) is 1.91. The van der Waals surface area contributed by atoms with Crippen molar-refractivity contribution in [2.75, 3.05) is 0 Å². The molecule has 1 aromatic rings. The van der Waals surface area contributed by atoms with Crippen molar-refractivity contribution in [2.45, 2.75) is 18.8 Å². The largest absolute Gasteiger partial charge is 0.275 e. The number of benzene rings is 1. The van der Waals surface area contributed by atoms with Gasteiger partial charge in [0, 0.05) is 16.5 Å². The summed E-state index contributed by atoms with van der Waals surface area (Å²) in [5, 5.41) is 0. The molecule has 0 radical (unpaired) electrons. The summed E-state index contributed by atoms with van der Waals surface area (Å²) in [5.74, 6) is -3.41. The molecule has 0 spiro atoms. The Hall–Kier alpha value is -0.510. The maximum atomic E-state index is 13.2. The van der Waals surface area contributed by atoms with Gasteiger partial charge in [0.15, 0.2) is 0 Å². The van der Waals surface area contributed by atoms with Crippen molar-refractivity contribution in [1.82, 2.24) is 0 Å². The van der Waals surface area contributed by atoms with Gasteiger partial charge < -0.3 is 0 Å². The van der Waals surface area contributed by atoms with E-state index in [1.807, 2.05) is 0 Å². The van der Waals surface area contributed by atoms with Crippen LogP contribution in [0.5, 0.6) is 0 Å². The first kappa shape index (κ1) is 9.06. The van der Waals surface area contributed by atoms with Gasteiger partial charge in [-0.15, -0.1) is 0 Å². The average molecular weight is 251 g/mol. The van der Waals surface area contributed by atoms with Crippen molar-refractivity contribution in [3.63, 3.8) is 0 Å². The first-order valence-corrected chi connectivity index (χ1v) is 4.67. The highest BCUT2D eigenvalue weighted by atomic mass is 79.9. The molecule has 0 nitrogen and oxygen atoms in total. The molecule has 0 fully saturated rings. The van der Waals surface area contributed by atoms with Crippen LogP contribution in [0.25, 0.3) is 0 Å². The second-order valence-electron chi connectivity index (χ2n) is 3.09. The molecule has 4 heteroatoms. The molecule has 0 saturated carbocycles. The summed E-state index contributed by atoms with van der Waals surface area (Å²) in [7, 11) is 0. The smallest absolute Gasteiger partial charge is 0.207 e. The predicted molar refractivity (Wildman–Crippen MR) is 46.3 cm³/mol. The van der Waals surface area contributed by atoms with Crippen molar-refractivity contribution >= 4 is 15.9 Å². The topological polar surface area (TPSA) is 0 Å². The molecule has 1 aliphatic carbocycles. The standard InChI is InChI=1S/C9H6BrF3/c10-6-1-2-7(11)5-3-4-9(12,13)8(5)6/h1-2H,3-4H2. The monoisotopic (exact) mass is 250 g/mol. The van der Waals surface area contributed by atoms with Crippen LogP contribution in [-0.2, 0) is 12.3 Å². The van der Waals surface area contributed by atoms with Gasteiger partial charge in [0.2, 0.25) is 0 Å². The van der Waals surface area contributed by atoms with Crippen molar-refractivity contribution in [1.29, 1.82) is 0 Å². The lowest BCUT2D eigenvalue weighted by Crippen LogP contribution is -2.08. The van der Waals surface area contributed by atoms with E-state index in [0.717, 1.165) is 0 Å². The third-order valence-electron chi connectivity index (χ3n) is 2.26. The molecule has 0 atom stereocenters. The van der Waals surface area contributed by atoms with Gasteiger partial charge in [-0.2, -0.15) is 0 Å². The zero-order valence-corrected chi connectivity index (χ0v) is 8.17. The normalized spacial score (nSPS) is 18.8. The molecule has 0 aromatic heterocycles. The van der Waals surface area contributed by atoms with Crippen molar-refractivity contribution in [2.24, 2.45) is 0 Å². The Morgan fingerprint density at radius 3 is 2.62 bits per heavy atom. The van der Waals surface area contributed by atoms with E-state index in [1.165, 1.54) is 12.1 Å². The Morgan fingerprint density at radius 2 is 2.00 bits per heavy atom. The predicted octanol–water partition coefficient (Wildman–Crippen LogP) is 3.63. The fourth-order valence-corrected chi connectivity index (χ4v) is 2.30. The van der Waals surface area contributed by atoms with Crippen LogP contribution in [0.15, 0.2) is 16.6 Å². The van der Waals surface area contributed by atoms with Gasteiger partial charge in [-0.25, -0.2) is 13.2 Å². The Bertz CT molecular complexity index is 360. The molecule has 0 saturated heterocycles. The van der Waals surface area contributed by atoms with Gasteiger partial charge in [0.1, 0.15) is 5.82 Å². The highest BCUT2D eigenvalue weighted by molar-refractivity contribution is 9.10. The van der Waals surface area contributed by atoms with Crippen LogP contribution in [0, 0.1) is 5.82 Å². The summed E-state index contributed by atoms with van der Waals surface area (Å²) >= 11 is 3.01. The van der Waals surface area contributed by atoms with Crippen LogP contribution in [0.2, 0.25) is 0 Å². The second-order valence-corrected chi connectivity index (χ2v) is 3.94.